The van der Waals surface area contributed by atoms with Crippen molar-refractivity contribution < 1.29 is 0 Å². The van der Waals surface area contributed by atoms with Crippen molar-refractivity contribution in [1.29, 1.82) is 0 Å². The van der Waals surface area contributed by atoms with Crippen LogP contribution in [-0.4, -0.2) is 4.98 Å². The normalized spacial score (nSPS) is 20.3. The second kappa shape index (κ2) is 4.37. The lowest BCUT2D eigenvalue weighted by atomic mass is 10.0. The average molecular weight is 236 g/mol. The first-order valence-corrected chi connectivity index (χ1v) is 6.88. The number of aromatic nitrogens is 1. The number of hydrogen-bond acceptors (Lipinski definition) is 1. The summed E-state index contributed by atoms with van der Waals surface area (Å²) in [5.41, 5.74) is 3.83. The maximum Gasteiger partial charge on any atom is 0.0474 e. The minimum absolute atomic E-state index is 0.864. The lowest BCUT2D eigenvalue weighted by Crippen LogP contribution is -2.03. The monoisotopic (exact) mass is 235 g/mol. The minimum Gasteiger partial charge on any atom is -0.257 e. The molecule has 1 heterocycles. The van der Waals surface area contributed by atoms with E-state index in [9.17, 15) is 0 Å². The zero-order valence-corrected chi connectivity index (χ0v) is 10.4. The summed E-state index contributed by atoms with van der Waals surface area (Å²) >= 11 is 6.32. The van der Waals surface area contributed by atoms with Gasteiger partial charge in [0, 0.05) is 16.4 Å². The molecule has 2 aliphatic carbocycles. The van der Waals surface area contributed by atoms with Crippen molar-refractivity contribution in [2.24, 2.45) is 5.92 Å². The van der Waals surface area contributed by atoms with Crippen LogP contribution in [-0.2, 0) is 19.3 Å². The molecule has 0 unspecified atom stereocenters. The van der Waals surface area contributed by atoms with Gasteiger partial charge >= 0.3 is 0 Å². The van der Waals surface area contributed by atoms with Crippen molar-refractivity contribution in [2.75, 3.05) is 0 Å². The van der Waals surface area contributed by atoms with E-state index < -0.39 is 0 Å². The number of hydrogen-bond donors (Lipinski definition) is 0. The van der Waals surface area contributed by atoms with E-state index in [0.717, 1.165) is 30.2 Å². The van der Waals surface area contributed by atoms with Crippen molar-refractivity contribution in [3.05, 3.63) is 28.0 Å². The van der Waals surface area contributed by atoms with Gasteiger partial charge in [-0.05, 0) is 43.2 Å². The molecule has 0 atom stereocenters. The standard InChI is InChI=1S/C14H18ClN/c15-13-9-11(8-10-4-1-2-5-10)16-14-7-3-6-12(13)14/h9-10H,1-8H2. The van der Waals surface area contributed by atoms with Gasteiger partial charge in [-0.3, -0.25) is 4.98 Å². The van der Waals surface area contributed by atoms with Gasteiger partial charge < -0.3 is 0 Å². The van der Waals surface area contributed by atoms with E-state index in [1.54, 1.807) is 0 Å². The third kappa shape index (κ3) is 1.98. The van der Waals surface area contributed by atoms with E-state index in [1.807, 2.05) is 0 Å². The third-order valence-electron chi connectivity index (χ3n) is 4.02. The molecule has 16 heavy (non-hydrogen) atoms. The molecule has 3 rings (SSSR count). The van der Waals surface area contributed by atoms with Crippen LogP contribution in [0.25, 0.3) is 0 Å². The van der Waals surface area contributed by atoms with Crippen molar-refractivity contribution in [1.82, 2.24) is 4.98 Å². The Kier molecular flexibility index (Phi) is 2.89. The van der Waals surface area contributed by atoms with Crippen molar-refractivity contribution in [3.8, 4) is 0 Å². The molecular formula is C14H18ClN. The fourth-order valence-corrected chi connectivity index (χ4v) is 3.49. The number of fused-ring (bicyclic) bond motifs is 1. The first-order valence-electron chi connectivity index (χ1n) is 6.50. The molecule has 0 saturated heterocycles. The molecule has 0 N–H and O–H groups in total. The van der Waals surface area contributed by atoms with E-state index in [4.69, 9.17) is 16.6 Å². The van der Waals surface area contributed by atoms with Crippen LogP contribution in [0.4, 0.5) is 0 Å². The first-order chi connectivity index (χ1) is 7.83. The van der Waals surface area contributed by atoms with Crippen LogP contribution in [0.3, 0.4) is 0 Å². The molecule has 0 radical (unpaired) electrons. The first kappa shape index (κ1) is 10.6. The maximum atomic E-state index is 6.32. The molecule has 1 saturated carbocycles. The molecule has 0 aromatic carbocycles. The summed E-state index contributed by atoms with van der Waals surface area (Å²) in [5.74, 6) is 0.864. The van der Waals surface area contributed by atoms with Gasteiger partial charge in [0.1, 0.15) is 0 Å². The van der Waals surface area contributed by atoms with Crippen LogP contribution in [0, 0.1) is 5.92 Å². The van der Waals surface area contributed by atoms with E-state index in [0.29, 0.717) is 0 Å². The Morgan fingerprint density at radius 2 is 2.00 bits per heavy atom. The number of rotatable bonds is 2. The number of aryl methyl sites for hydroxylation is 1. The van der Waals surface area contributed by atoms with Crippen LogP contribution in [0.1, 0.15) is 49.1 Å². The summed E-state index contributed by atoms with van der Waals surface area (Å²) in [7, 11) is 0. The van der Waals surface area contributed by atoms with Crippen LogP contribution >= 0.6 is 11.6 Å². The minimum atomic E-state index is 0.864. The van der Waals surface area contributed by atoms with E-state index in [2.05, 4.69) is 6.07 Å². The quantitative estimate of drug-likeness (QED) is 0.756. The van der Waals surface area contributed by atoms with Gasteiger partial charge in [-0.25, -0.2) is 0 Å². The fourth-order valence-electron chi connectivity index (χ4n) is 3.16. The van der Waals surface area contributed by atoms with Gasteiger partial charge in [0.15, 0.2) is 0 Å². The Morgan fingerprint density at radius 1 is 1.19 bits per heavy atom. The highest BCUT2D eigenvalue weighted by Gasteiger charge is 2.20. The SMILES string of the molecule is Clc1cc(CC2CCCC2)nc2c1CCC2. The maximum absolute atomic E-state index is 6.32. The van der Waals surface area contributed by atoms with Gasteiger partial charge in [-0.15, -0.1) is 0 Å². The highest BCUT2D eigenvalue weighted by atomic mass is 35.5. The molecule has 1 aromatic rings. The summed E-state index contributed by atoms with van der Waals surface area (Å²) in [6, 6.07) is 2.12. The number of nitrogens with zero attached hydrogens (tertiary/aromatic N) is 1. The van der Waals surface area contributed by atoms with Crippen molar-refractivity contribution in [3.63, 3.8) is 0 Å². The molecule has 2 aliphatic rings. The molecule has 1 fully saturated rings. The Labute approximate surface area is 102 Å². The zero-order valence-electron chi connectivity index (χ0n) is 9.64. The van der Waals surface area contributed by atoms with Crippen molar-refractivity contribution in [2.45, 2.75) is 51.4 Å². The highest BCUT2D eigenvalue weighted by Crippen LogP contribution is 2.31. The average Bonchev–Trinajstić information content (AvgIpc) is 2.87. The topological polar surface area (TPSA) is 12.9 Å². The number of halogens is 1. The highest BCUT2D eigenvalue weighted by molar-refractivity contribution is 6.31. The molecular weight excluding hydrogens is 218 g/mol. The van der Waals surface area contributed by atoms with E-state index in [-0.39, 0.29) is 0 Å². The van der Waals surface area contributed by atoms with E-state index in [1.165, 1.54) is 49.1 Å². The smallest absolute Gasteiger partial charge is 0.0474 e. The largest absolute Gasteiger partial charge is 0.257 e. The lowest BCUT2D eigenvalue weighted by Gasteiger charge is -2.10. The van der Waals surface area contributed by atoms with E-state index >= 15 is 0 Å². The van der Waals surface area contributed by atoms with Crippen LogP contribution < -0.4 is 0 Å². The summed E-state index contributed by atoms with van der Waals surface area (Å²) in [5, 5.41) is 0.968. The van der Waals surface area contributed by atoms with Gasteiger partial charge in [-0.1, -0.05) is 37.3 Å². The zero-order chi connectivity index (χ0) is 11.0. The van der Waals surface area contributed by atoms with Gasteiger partial charge in [0.2, 0.25) is 0 Å². The molecule has 1 nitrogen and oxygen atoms in total. The predicted octanol–water partition coefficient (Wildman–Crippen LogP) is 3.96. The number of pyridine rings is 1. The van der Waals surface area contributed by atoms with Gasteiger partial charge in [-0.2, -0.15) is 0 Å². The van der Waals surface area contributed by atoms with Crippen LogP contribution in [0.15, 0.2) is 6.07 Å². The Balaban J connectivity index is 1.82. The summed E-state index contributed by atoms with van der Waals surface area (Å²) in [6.07, 6.45) is 10.2. The molecule has 1 aromatic heterocycles. The second-order valence-corrected chi connectivity index (χ2v) is 5.64. The Bertz CT molecular complexity index is 394. The molecule has 2 heteroatoms. The molecule has 0 spiro atoms. The molecule has 86 valence electrons. The predicted molar refractivity (Wildman–Crippen MR) is 66.9 cm³/mol. The Hall–Kier alpha value is -0.560. The molecule has 0 aliphatic heterocycles. The van der Waals surface area contributed by atoms with Gasteiger partial charge in [0.25, 0.3) is 0 Å². The van der Waals surface area contributed by atoms with Crippen LogP contribution in [0.2, 0.25) is 5.02 Å². The van der Waals surface area contributed by atoms with Crippen molar-refractivity contribution >= 4 is 11.6 Å². The van der Waals surface area contributed by atoms with Crippen LogP contribution in [0.5, 0.6) is 0 Å². The third-order valence-corrected chi connectivity index (χ3v) is 4.36. The molecule has 0 bridgehead atoms. The summed E-state index contributed by atoms with van der Waals surface area (Å²) in [4.78, 5) is 4.79. The lowest BCUT2D eigenvalue weighted by molar-refractivity contribution is 0.538. The Morgan fingerprint density at radius 3 is 2.81 bits per heavy atom. The fraction of sp³-hybridized carbons (Fsp3) is 0.643. The second-order valence-electron chi connectivity index (χ2n) is 5.23. The van der Waals surface area contributed by atoms with Gasteiger partial charge in [0.05, 0.1) is 0 Å². The summed E-state index contributed by atoms with van der Waals surface area (Å²) in [6.45, 7) is 0. The summed E-state index contributed by atoms with van der Waals surface area (Å²) < 4.78 is 0. The molecule has 0 amide bonds.